The van der Waals surface area contributed by atoms with E-state index in [0.29, 0.717) is 23.7 Å². The molecule has 0 unspecified atom stereocenters. The summed E-state index contributed by atoms with van der Waals surface area (Å²) in [6.07, 6.45) is 8.67. The van der Waals surface area contributed by atoms with Crippen molar-refractivity contribution in [2.45, 2.75) is 45.4 Å². The summed E-state index contributed by atoms with van der Waals surface area (Å²) in [5, 5.41) is 8.20. The molecule has 7 heteroatoms. The van der Waals surface area contributed by atoms with Crippen LogP contribution < -0.4 is 20.7 Å². The fourth-order valence-corrected chi connectivity index (χ4v) is 2.75. The van der Waals surface area contributed by atoms with E-state index in [1.54, 1.807) is 43.4 Å². The molecule has 3 N–H and O–H groups in total. The van der Waals surface area contributed by atoms with Crippen LogP contribution in [0.4, 0.5) is 10.5 Å². The molecule has 7 nitrogen and oxygen atoms in total. The van der Waals surface area contributed by atoms with Gasteiger partial charge in [-0.2, -0.15) is 0 Å². The highest BCUT2D eigenvalue weighted by molar-refractivity contribution is 5.92. The summed E-state index contributed by atoms with van der Waals surface area (Å²) in [7, 11) is 1.55. The Hall–Kier alpha value is -3.09. The molecular weight excluding hydrogens is 368 g/mol. The second-order valence-electron chi connectivity index (χ2n) is 6.73. The molecule has 0 atom stereocenters. The lowest BCUT2D eigenvalue weighted by atomic mass is 10.1. The van der Waals surface area contributed by atoms with Gasteiger partial charge in [-0.25, -0.2) is 4.79 Å². The topological polar surface area (TPSA) is 92.3 Å². The van der Waals surface area contributed by atoms with Crippen molar-refractivity contribution in [1.82, 2.24) is 15.6 Å². The van der Waals surface area contributed by atoms with E-state index in [9.17, 15) is 9.59 Å². The van der Waals surface area contributed by atoms with Crippen LogP contribution in [0.25, 0.3) is 0 Å². The van der Waals surface area contributed by atoms with Gasteiger partial charge in [-0.15, -0.1) is 0 Å². The van der Waals surface area contributed by atoms with Crippen molar-refractivity contribution in [3.8, 4) is 11.5 Å². The van der Waals surface area contributed by atoms with E-state index in [1.165, 1.54) is 31.9 Å². The van der Waals surface area contributed by atoms with Crippen LogP contribution >= 0.6 is 0 Å². The number of carbonyl (C=O) groups is 2. The number of ether oxygens (including phenoxy) is 1. The number of hydrogen-bond donors (Lipinski definition) is 3. The molecule has 0 saturated heterocycles. The average Bonchev–Trinajstić information content (AvgIpc) is 2.74. The molecule has 2 rings (SSSR count). The Bertz CT molecular complexity index is 778. The SMILES string of the molecule is CCCCCCCCNC(=O)Nc1ccc(Oc2ccnc(C(=O)NC)c2)cc1. The van der Waals surface area contributed by atoms with Crippen LogP contribution in [0.15, 0.2) is 42.6 Å². The monoisotopic (exact) mass is 398 g/mol. The van der Waals surface area contributed by atoms with E-state index in [2.05, 4.69) is 27.9 Å². The number of nitrogens with one attached hydrogen (secondary N) is 3. The minimum Gasteiger partial charge on any atom is -0.457 e. The first-order valence-electron chi connectivity index (χ1n) is 10.1. The summed E-state index contributed by atoms with van der Waals surface area (Å²) >= 11 is 0. The van der Waals surface area contributed by atoms with Gasteiger partial charge in [0.25, 0.3) is 5.91 Å². The number of anilines is 1. The van der Waals surface area contributed by atoms with Crippen molar-refractivity contribution in [2.24, 2.45) is 0 Å². The molecule has 0 fully saturated rings. The van der Waals surface area contributed by atoms with E-state index >= 15 is 0 Å². The van der Waals surface area contributed by atoms with Crippen LogP contribution in [-0.2, 0) is 0 Å². The highest BCUT2D eigenvalue weighted by atomic mass is 16.5. The van der Waals surface area contributed by atoms with Crippen LogP contribution in [0.1, 0.15) is 55.9 Å². The van der Waals surface area contributed by atoms with E-state index in [4.69, 9.17) is 4.74 Å². The number of aromatic nitrogens is 1. The van der Waals surface area contributed by atoms with Gasteiger partial charge in [0.2, 0.25) is 0 Å². The predicted molar refractivity (Wildman–Crippen MR) is 115 cm³/mol. The Balaban J connectivity index is 1.75. The molecule has 156 valence electrons. The smallest absolute Gasteiger partial charge is 0.319 e. The maximum absolute atomic E-state index is 12.0. The van der Waals surface area contributed by atoms with Crippen LogP contribution in [0.5, 0.6) is 11.5 Å². The van der Waals surface area contributed by atoms with Crippen LogP contribution in [0, 0.1) is 0 Å². The third kappa shape index (κ3) is 8.21. The Labute approximate surface area is 172 Å². The number of rotatable bonds is 11. The van der Waals surface area contributed by atoms with E-state index in [1.807, 2.05) is 0 Å². The Kier molecular flexibility index (Phi) is 9.48. The molecule has 3 amide bonds. The van der Waals surface area contributed by atoms with Crippen molar-refractivity contribution in [2.75, 3.05) is 18.9 Å². The summed E-state index contributed by atoms with van der Waals surface area (Å²) < 4.78 is 5.75. The fraction of sp³-hybridized carbons (Fsp3) is 0.409. The van der Waals surface area contributed by atoms with E-state index in [-0.39, 0.29) is 17.6 Å². The van der Waals surface area contributed by atoms with Crippen molar-refractivity contribution in [1.29, 1.82) is 0 Å². The van der Waals surface area contributed by atoms with Gasteiger partial charge in [-0.05, 0) is 36.8 Å². The molecule has 1 aromatic heterocycles. The zero-order chi connectivity index (χ0) is 20.9. The molecule has 0 spiro atoms. The Morgan fingerprint density at radius 1 is 0.966 bits per heavy atom. The summed E-state index contributed by atoms with van der Waals surface area (Å²) in [4.78, 5) is 27.6. The largest absolute Gasteiger partial charge is 0.457 e. The van der Waals surface area contributed by atoms with Crippen molar-refractivity contribution in [3.63, 3.8) is 0 Å². The summed E-state index contributed by atoms with van der Waals surface area (Å²) in [6.45, 7) is 2.88. The van der Waals surface area contributed by atoms with Gasteiger partial charge in [-0.3, -0.25) is 9.78 Å². The zero-order valence-electron chi connectivity index (χ0n) is 17.2. The maximum Gasteiger partial charge on any atom is 0.319 e. The Morgan fingerprint density at radius 2 is 1.69 bits per heavy atom. The molecule has 29 heavy (non-hydrogen) atoms. The number of unbranched alkanes of at least 4 members (excludes halogenated alkanes) is 5. The van der Waals surface area contributed by atoms with Gasteiger partial charge in [-0.1, -0.05) is 39.0 Å². The molecule has 0 aliphatic rings. The number of urea groups is 1. The van der Waals surface area contributed by atoms with Gasteiger partial charge in [0.05, 0.1) is 0 Å². The summed E-state index contributed by atoms with van der Waals surface area (Å²) in [5.74, 6) is 0.829. The van der Waals surface area contributed by atoms with Gasteiger partial charge in [0, 0.05) is 31.5 Å². The van der Waals surface area contributed by atoms with Crippen LogP contribution in [-0.4, -0.2) is 30.5 Å². The molecule has 0 radical (unpaired) electrons. The third-order valence-corrected chi connectivity index (χ3v) is 4.35. The van der Waals surface area contributed by atoms with Gasteiger partial charge < -0.3 is 20.7 Å². The first-order chi connectivity index (χ1) is 14.1. The predicted octanol–water partition coefficient (Wildman–Crippen LogP) is 4.72. The molecule has 0 aliphatic carbocycles. The zero-order valence-corrected chi connectivity index (χ0v) is 17.2. The van der Waals surface area contributed by atoms with E-state index in [0.717, 1.165) is 12.8 Å². The van der Waals surface area contributed by atoms with Gasteiger partial charge >= 0.3 is 6.03 Å². The maximum atomic E-state index is 12.0. The molecule has 0 bridgehead atoms. The normalized spacial score (nSPS) is 10.3. The number of pyridine rings is 1. The first-order valence-corrected chi connectivity index (χ1v) is 10.1. The minimum atomic E-state index is -0.276. The number of nitrogens with zero attached hydrogens (tertiary/aromatic N) is 1. The molecule has 0 saturated carbocycles. The summed E-state index contributed by atoms with van der Waals surface area (Å²) in [6, 6.07) is 10.1. The third-order valence-electron chi connectivity index (χ3n) is 4.35. The molecule has 2 aromatic rings. The fourth-order valence-electron chi connectivity index (χ4n) is 2.75. The molecule has 1 aromatic carbocycles. The van der Waals surface area contributed by atoms with Gasteiger partial charge in [0.1, 0.15) is 17.2 Å². The average molecular weight is 399 g/mol. The number of hydrogen-bond acceptors (Lipinski definition) is 4. The second kappa shape index (κ2) is 12.4. The lowest BCUT2D eigenvalue weighted by Crippen LogP contribution is -2.29. The summed E-state index contributed by atoms with van der Waals surface area (Å²) in [5.41, 5.74) is 0.962. The Morgan fingerprint density at radius 3 is 2.41 bits per heavy atom. The first kappa shape index (κ1) is 22.2. The van der Waals surface area contributed by atoms with Crippen LogP contribution in [0.3, 0.4) is 0 Å². The van der Waals surface area contributed by atoms with Crippen molar-refractivity contribution in [3.05, 3.63) is 48.3 Å². The van der Waals surface area contributed by atoms with Crippen molar-refractivity contribution < 1.29 is 14.3 Å². The van der Waals surface area contributed by atoms with Gasteiger partial charge in [0.15, 0.2) is 0 Å². The van der Waals surface area contributed by atoms with E-state index < -0.39 is 0 Å². The standard InChI is InChI=1S/C22H30N4O3/c1-3-4-5-6-7-8-14-25-22(28)26-17-9-11-18(12-10-17)29-19-13-15-24-20(16-19)21(27)23-2/h9-13,15-16H,3-8,14H2,1-2H3,(H,23,27)(H2,25,26,28). The number of carbonyl (C=O) groups excluding carboxylic acids is 2. The lowest BCUT2D eigenvalue weighted by molar-refractivity contribution is 0.0958. The molecule has 1 heterocycles. The highest BCUT2D eigenvalue weighted by Crippen LogP contribution is 2.23. The van der Waals surface area contributed by atoms with Crippen molar-refractivity contribution >= 4 is 17.6 Å². The number of benzene rings is 1. The number of amides is 3. The highest BCUT2D eigenvalue weighted by Gasteiger charge is 2.07. The minimum absolute atomic E-state index is 0.211. The lowest BCUT2D eigenvalue weighted by Gasteiger charge is -2.10. The molecule has 0 aliphatic heterocycles. The molecular formula is C22H30N4O3. The quantitative estimate of drug-likeness (QED) is 0.478. The second-order valence-corrected chi connectivity index (χ2v) is 6.73. The van der Waals surface area contributed by atoms with Crippen LogP contribution in [0.2, 0.25) is 0 Å².